The van der Waals surface area contributed by atoms with Crippen LogP contribution in [0.15, 0.2) is 54.6 Å². The second kappa shape index (κ2) is 6.83. The summed E-state index contributed by atoms with van der Waals surface area (Å²) in [4.78, 5) is 17.7. The molecule has 2 aromatic heterocycles. The predicted octanol–water partition coefficient (Wildman–Crippen LogP) is 4.42. The first kappa shape index (κ1) is 17.2. The summed E-state index contributed by atoms with van der Waals surface area (Å²) in [5.74, 6) is 1.48. The first-order valence-electron chi connectivity index (χ1n) is 9.18. The first-order valence-corrected chi connectivity index (χ1v) is 9.18. The molecule has 0 bridgehead atoms. The first-order chi connectivity index (χ1) is 13.1. The number of carbonyl (C=O) groups excluding carboxylic acids is 1. The van der Waals surface area contributed by atoms with Crippen molar-refractivity contribution in [2.45, 2.75) is 33.9 Å². The van der Waals surface area contributed by atoms with Crippen LogP contribution in [0.2, 0.25) is 0 Å². The molecule has 0 saturated heterocycles. The quantitative estimate of drug-likeness (QED) is 0.496. The molecule has 4 rings (SSSR count). The van der Waals surface area contributed by atoms with Gasteiger partial charge in [-0.3, -0.25) is 4.79 Å². The molecular weight excluding hydrogens is 336 g/mol. The molecule has 0 saturated carbocycles. The lowest BCUT2D eigenvalue weighted by Gasteiger charge is -2.10. The van der Waals surface area contributed by atoms with Gasteiger partial charge in [-0.15, -0.1) is 0 Å². The fourth-order valence-electron chi connectivity index (χ4n) is 3.74. The van der Waals surface area contributed by atoms with Crippen LogP contribution in [0, 0.1) is 13.8 Å². The lowest BCUT2D eigenvalue weighted by molar-refractivity contribution is 0.0968. The van der Waals surface area contributed by atoms with Crippen LogP contribution >= 0.6 is 0 Å². The SMILES string of the molecule is CCn1c(-c2ccccc2)c(C(=O)Cn2nc(C)nc2C)c2ccccc21. The highest BCUT2D eigenvalue weighted by atomic mass is 16.1. The highest BCUT2D eigenvalue weighted by Crippen LogP contribution is 2.34. The van der Waals surface area contributed by atoms with Crippen LogP contribution < -0.4 is 0 Å². The molecule has 0 radical (unpaired) electrons. The molecule has 0 aliphatic heterocycles. The van der Waals surface area contributed by atoms with Gasteiger partial charge in [0.2, 0.25) is 0 Å². The minimum Gasteiger partial charge on any atom is -0.340 e. The largest absolute Gasteiger partial charge is 0.340 e. The molecular formula is C22H22N4O. The van der Waals surface area contributed by atoms with Crippen LogP contribution in [0.25, 0.3) is 22.2 Å². The van der Waals surface area contributed by atoms with Crippen molar-refractivity contribution in [3.05, 3.63) is 71.8 Å². The van der Waals surface area contributed by atoms with E-state index in [0.717, 1.165) is 40.1 Å². The van der Waals surface area contributed by atoms with Crippen molar-refractivity contribution >= 4 is 16.7 Å². The Bertz CT molecular complexity index is 1120. The van der Waals surface area contributed by atoms with Gasteiger partial charge < -0.3 is 4.57 Å². The number of aryl methyl sites for hydroxylation is 3. The molecule has 0 unspecified atom stereocenters. The van der Waals surface area contributed by atoms with E-state index in [1.807, 2.05) is 50.2 Å². The Morgan fingerprint density at radius 1 is 1.00 bits per heavy atom. The zero-order chi connectivity index (χ0) is 19.0. The average molecular weight is 358 g/mol. The molecule has 0 aliphatic carbocycles. The highest BCUT2D eigenvalue weighted by molar-refractivity contribution is 6.13. The number of hydrogen-bond acceptors (Lipinski definition) is 3. The summed E-state index contributed by atoms with van der Waals surface area (Å²) in [6.07, 6.45) is 0. The van der Waals surface area contributed by atoms with Crippen LogP contribution in [0.4, 0.5) is 0 Å². The van der Waals surface area contributed by atoms with Gasteiger partial charge in [-0.05, 0) is 32.4 Å². The fourth-order valence-corrected chi connectivity index (χ4v) is 3.74. The van der Waals surface area contributed by atoms with Gasteiger partial charge in [0.25, 0.3) is 0 Å². The van der Waals surface area contributed by atoms with Gasteiger partial charge >= 0.3 is 0 Å². The Labute approximate surface area is 158 Å². The van der Waals surface area contributed by atoms with Gasteiger partial charge in [0.1, 0.15) is 18.2 Å². The fraction of sp³-hybridized carbons (Fsp3) is 0.227. The van der Waals surface area contributed by atoms with Gasteiger partial charge in [0.05, 0.1) is 11.3 Å². The summed E-state index contributed by atoms with van der Waals surface area (Å²) in [5.41, 5.74) is 3.85. The second-order valence-electron chi connectivity index (χ2n) is 6.64. The molecule has 0 amide bonds. The van der Waals surface area contributed by atoms with E-state index in [1.165, 1.54) is 0 Å². The Morgan fingerprint density at radius 2 is 1.70 bits per heavy atom. The van der Waals surface area contributed by atoms with Crippen LogP contribution in [-0.2, 0) is 13.1 Å². The van der Waals surface area contributed by atoms with Crippen molar-refractivity contribution in [2.75, 3.05) is 0 Å². The van der Waals surface area contributed by atoms with E-state index in [1.54, 1.807) is 4.68 Å². The number of nitrogens with zero attached hydrogens (tertiary/aromatic N) is 4. The number of carbonyl (C=O) groups is 1. The van der Waals surface area contributed by atoms with Crippen LogP contribution in [0.3, 0.4) is 0 Å². The standard InChI is InChI=1S/C22H22N4O/c1-4-25-19-13-9-8-12-18(19)21(22(25)17-10-6-5-7-11-17)20(27)14-26-16(3)23-15(2)24-26/h5-13H,4,14H2,1-3H3. The summed E-state index contributed by atoms with van der Waals surface area (Å²) >= 11 is 0. The van der Waals surface area contributed by atoms with Gasteiger partial charge in [-0.2, -0.15) is 5.10 Å². The molecule has 0 N–H and O–H groups in total. The number of para-hydroxylation sites is 1. The molecule has 136 valence electrons. The zero-order valence-electron chi connectivity index (χ0n) is 15.8. The Morgan fingerprint density at radius 3 is 2.37 bits per heavy atom. The van der Waals surface area contributed by atoms with Gasteiger partial charge in [0, 0.05) is 17.4 Å². The summed E-state index contributed by atoms with van der Waals surface area (Å²) in [7, 11) is 0. The topological polar surface area (TPSA) is 52.7 Å². The smallest absolute Gasteiger partial charge is 0.187 e. The number of rotatable bonds is 5. The average Bonchev–Trinajstić information content (AvgIpc) is 3.18. The number of fused-ring (bicyclic) bond motifs is 1. The van der Waals surface area contributed by atoms with Crippen molar-refractivity contribution in [3.63, 3.8) is 0 Å². The molecule has 2 aromatic carbocycles. The third-order valence-electron chi connectivity index (χ3n) is 4.87. The van der Waals surface area contributed by atoms with Gasteiger partial charge in [-0.25, -0.2) is 9.67 Å². The molecule has 0 fully saturated rings. The molecule has 0 atom stereocenters. The predicted molar refractivity (Wildman–Crippen MR) is 107 cm³/mol. The summed E-state index contributed by atoms with van der Waals surface area (Å²) in [5, 5.41) is 5.35. The molecule has 2 heterocycles. The summed E-state index contributed by atoms with van der Waals surface area (Å²) in [6.45, 7) is 6.80. The monoisotopic (exact) mass is 358 g/mol. The Balaban J connectivity index is 1.93. The lowest BCUT2D eigenvalue weighted by Crippen LogP contribution is -2.14. The van der Waals surface area contributed by atoms with E-state index < -0.39 is 0 Å². The molecule has 5 nitrogen and oxygen atoms in total. The molecule has 5 heteroatoms. The van der Waals surface area contributed by atoms with Crippen molar-refractivity contribution < 1.29 is 4.79 Å². The van der Waals surface area contributed by atoms with Crippen LogP contribution in [-0.4, -0.2) is 25.1 Å². The van der Waals surface area contributed by atoms with E-state index in [2.05, 4.69) is 39.8 Å². The zero-order valence-corrected chi connectivity index (χ0v) is 15.8. The summed E-state index contributed by atoms with van der Waals surface area (Å²) in [6, 6.07) is 18.2. The maximum Gasteiger partial charge on any atom is 0.187 e. The minimum absolute atomic E-state index is 0.0465. The molecule has 0 aliphatic rings. The maximum atomic E-state index is 13.4. The number of hydrogen-bond donors (Lipinski definition) is 0. The van der Waals surface area contributed by atoms with Crippen molar-refractivity contribution in [1.82, 2.24) is 19.3 Å². The number of aromatic nitrogens is 4. The van der Waals surface area contributed by atoms with E-state index >= 15 is 0 Å². The Hall–Kier alpha value is -3.21. The third kappa shape index (κ3) is 2.95. The van der Waals surface area contributed by atoms with Crippen molar-refractivity contribution in [1.29, 1.82) is 0 Å². The number of benzene rings is 2. The third-order valence-corrected chi connectivity index (χ3v) is 4.87. The van der Waals surface area contributed by atoms with Crippen molar-refractivity contribution in [2.24, 2.45) is 0 Å². The maximum absolute atomic E-state index is 13.4. The van der Waals surface area contributed by atoms with E-state index in [4.69, 9.17) is 0 Å². The van der Waals surface area contributed by atoms with Crippen LogP contribution in [0.1, 0.15) is 28.9 Å². The lowest BCUT2D eigenvalue weighted by atomic mass is 10.0. The van der Waals surface area contributed by atoms with E-state index in [-0.39, 0.29) is 12.3 Å². The number of ketones is 1. The molecule has 0 spiro atoms. The normalized spacial score (nSPS) is 11.2. The summed E-state index contributed by atoms with van der Waals surface area (Å²) < 4.78 is 3.90. The Kier molecular flexibility index (Phi) is 4.36. The second-order valence-corrected chi connectivity index (χ2v) is 6.64. The minimum atomic E-state index is 0.0465. The molecule has 4 aromatic rings. The van der Waals surface area contributed by atoms with Crippen molar-refractivity contribution in [3.8, 4) is 11.3 Å². The number of Topliss-reactive ketones (excluding diaryl/α,β-unsaturated/α-hetero) is 1. The molecule has 27 heavy (non-hydrogen) atoms. The van der Waals surface area contributed by atoms with E-state index in [9.17, 15) is 4.79 Å². The highest BCUT2D eigenvalue weighted by Gasteiger charge is 2.23. The van der Waals surface area contributed by atoms with Gasteiger partial charge in [-0.1, -0.05) is 48.5 Å². The van der Waals surface area contributed by atoms with Crippen LogP contribution in [0.5, 0.6) is 0 Å². The van der Waals surface area contributed by atoms with E-state index in [0.29, 0.717) is 5.82 Å². The van der Waals surface area contributed by atoms with Gasteiger partial charge in [0.15, 0.2) is 5.78 Å².